The van der Waals surface area contributed by atoms with Gasteiger partial charge in [-0.05, 0) is 44.0 Å². The summed E-state index contributed by atoms with van der Waals surface area (Å²) in [6, 6.07) is 16.6. The summed E-state index contributed by atoms with van der Waals surface area (Å²) in [7, 11) is 0. The summed E-state index contributed by atoms with van der Waals surface area (Å²) in [5.74, 6) is 2.60. The van der Waals surface area contributed by atoms with Gasteiger partial charge in [0.15, 0.2) is 11.4 Å². The van der Waals surface area contributed by atoms with Crippen molar-refractivity contribution in [3.63, 3.8) is 0 Å². The van der Waals surface area contributed by atoms with Crippen molar-refractivity contribution < 1.29 is 4.42 Å². The van der Waals surface area contributed by atoms with Crippen LogP contribution in [0.25, 0.3) is 33.9 Å². The number of para-hydroxylation sites is 2. The van der Waals surface area contributed by atoms with Crippen LogP contribution in [0.4, 0.5) is 0 Å². The van der Waals surface area contributed by atoms with Gasteiger partial charge in [-0.3, -0.25) is 0 Å². The van der Waals surface area contributed by atoms with Crippen LogP contribution in [0.3, 0.4) is 0 Å². The van der Waals surface area contributed by atoms with E-state index in [-0.39, 0.29) is 0 Å². The maximum Gasteiger partial charge on any atom is 0.227 e. The Hall–Kier alpha value is -2.95. The Morgan fingerprint density at radius 1 is 0.923 bits per heavy atom. The summed E-state index contributed by atoms with van der Waals surface area (Å²) in [6.45, 7) is 2.04. The SMILES string of the molecule is Cc1nnc(-c2ccc(-c3nc4ccccc4o3)cc2)n1C1CCCC1. The predicted octanol–water partition coefficient (Wildman–Crippen LogP) is 5.18. The van der Waals surface area contributed by atoms with Crippen LogP contribution in [0, 0.1) is 6.92 Å². The summed E-state index contributed by atoms with van der Waals surface area (Å²) in [4.78, 5) is 4.57. The van der Waals surface area contributed by atoms with E-state index in [1.807, 2.05) is 43.3 Å². The lowest BCUT2D eigenvalue weighted by Crippen LogP contribution is -2.08. The zero-order valence-corrected chi connectivity index (χ0v) is 14.7. The minimum absolute atomic E-state index is 0.525. The molecule has 0 bridgehead atoms. The Morgan fingerprint density at radius 3 is 2.42 bits per heavy atom. The Morgan fingerprint density at radius 2 is 1.65 bits per heavy atom. The first-order valence-corrected chi connectivity index (χ1v) is 9.17. The van der Waals surface area contributed by atoms with Gasteiger partial charge >= 0.3 is 0 Å². The summed E-state index contributed by atoms with van der Waals surface area (Å²) < 4.78 is 8.17. The van der Waals surface area contributed by atoms with Gasteiger partial charge in [0.2, 0.25) is 5.89 Å². The molecule has 2 aromatic carbocycles. The molecule has 0 spiro atoms. The number of aromatic nitrogens is 4. The molecule has 26 heavy (non-hydrogen) atoms. The van der Waals surface area contributed by atoms with Gasteiger partial charge < -0.3 is 8.98 Å². The van der Waals surface area contributed by atoms with Crippen LogP contribution in [0.15, 0.2) is 52.9 Å². The first-order valence-electron chi connectivity index (χ1n) is 9.17. The van der Waals surface area contributed by atoms with E-state index in [9.17, 15) is 0 Å². The smallest absolute Gasteiger partial charge is 0.227 e. The van der Waals surface area contributed by atoms with Crippen LogP contribution < -0.4 is 0 Å². The zero-order valence-electron chi connectivity index (χ0n) is 14.7. The van der Waals surface area contributed by atoms with Crippen molar-refractivity contribution in [2.75, 3.05) is 0 Å². The van der Waals surface area contributed by atoms with E-state index in [1.165, 1.54) is 25.7 Å². The van der Waals surface area contributed by atoms with Crippen LogP contribution in [-0.4, -0.2) is 19.7 Å². The maximum atomic E-state index is 5.86. The van der Waals surface area contributed by atoms with E-state index in [1.54, 1.807) is 0 Å². The molecule has 5 heteroatoms. The van der Waals surface area contributed by atoms with Gasteiger partial charge in [0.25, 0.3) is 0 Å². The first-order chi connectivity index (χ1) is 12.8. The number of nitrogens with zero attached hydrogens (tertiary/aromatic N) is 4. The molecule has 0 amide bonds. The second kappa shape index (κ2) is 6.09. The average molecular weight is 344 g/mol. The molecule has 1 fully saturated rings. The zero-order chi connectivity index (χ0) is 17.5. The number of aryl methyl sites for hydroxylation is 1. The van der Waals surface area contributed by atoms with Gasteiger partial charge in [-0.25, -0.2) is 4.98 Å². The van der Waals surface area contributed by atoms with Crippen LogP contribution in [0.2, 0.25) is 0 Å². The van der Waals surface area contributed by atoms with E-state index >= 15 is 0 Å². The molecule has 5 rings (SSSR count). The Kier molecular flexibility index (Phi) is 3.59. The molecule has 1 aliphatic rings. The molecule has 0 saturated heterocycles. The number of benzene rings is 2. The summed E-state index contributed by atoms with van der Waals surface area (Å²) >= 11 is 0. The molecular weight excluding hydrogens is 324 g/mol. The molecule has 2 heterocycles. The van der Waals surface area contributed by atoms with Gasteiger partial charge in [-0.15, -0.1) is 10.2 Å². The summed E-state index contributed by atoms with van der Waals surface area (Å²) in [5.41, 5.74) is 3.73. The first kappa shape index (κ1) is 15.3. The molecule has 1 aliphatic carbocycles. The third-order valence-corrected chi connectivity index (χ3v) is 5.24. The van der Waals surface area contributed by atoms with Crippen molar-refractivity contribution >= 4 is 11.1 Å². The maximum absolute atomic E-state index is 5.86. The lowest BCUT2D eigenvalue weighted by atomic mass is 10.1. The largest absolute Gasteiger partial charge is 0.436 e. The molecule has 2 aromatic heterocycles. The van der Waals surface area contributed by atoms with E-state index in [0.717, 1.165) is 33.9 Å². The van der Waals surface area contributed by atoms with E-state index in [4.69, 9.17) is 4.42 Å². The fourth-order valence-electron chi connectivity index (χ4n) is 3.92. The standard InChI is InChI=1S/C21H20N4O/c1-14-23-24-20(25(14)17-6-2-3-7-17)15-10-12-16(13-11-15)21-22-18-8-4-5-9-19(18)26-21/h4-5,8-13,17H,2-3,6-7H2,1H3. The number of rotatable bonds is 3. The van der Waals surface area contributed by atoms with Crippen molar-refractivity contribution in [3.05, 3.63) is 54.4 Å². The van der Waals surface area contributed by atoms with Crippen LogP contribution in [0.1, 0.15) is 37.5 Å². The molecule has 130 valence electrons. The predicted molar refractivity (Wildman–Crippen MR) is 101 cm³/mol. The summed E-state index contributed by atoms with van der Waals surface area (Å²) in [5, 5.41) is 8.77. The van der Waals surface area contributed by atoms with Crippen LogP contribution >= 0.6 is 0 Å². The van der Waals surface area contributed by atoms with Gasteiger partial charge in [0, 0.05) is 17.2 Å². The van der Waals surface area contributed by atoms with Gasteiger partial charge in [-0.1, -0.05) is 37.1 Å². The molecule has 5 nitrogen and oxygen atoms in total. The Balaban J connectivity index is 1.50. The third kappa shape index (κ3) is 2.51. The number of fused-ring (bicyclic) bond motifs is 1. The molecule has 4 aromatic rings. The highest BCUT2D eigenvalue weighted by atomic mass is 16.3. The number of hydrogen-bond donors (Lipinski definition) is 0. The number of hydrogen-bond acceptors (Lipinski definition) is 4. The van der Waals surface area contributed by atoms with Crippen LogP contribution in [-0.2, 0) is 0 Å². The molecule has 0 unspecified atom stereocenters. The molecule has 1 saturated carbocycles. The Bertz CT molecular complexity index is 1020. The molecule has 0 atom stereocenters. The minimum Gasteiger partial charge on any atom is -0.436 e. The molecular formula is C21H20N4O. The van der Waals surface area contributed by atoms with Gasteiger partial charge in [0.05, 0.1) is 0 Å². The van der Waals surface area contributed by atoms with Crippen LogP contribution in [0.5, 0.6) is 0 Å². The van der Waals surface area contributed by atoms with Crippen molar-refractivity contribution in [2.45, 2.75) is 38.6 Å². The van der Waals surface area contributed by atoms with Crippen molar-refractivity contribution in [3.8, 4) is 22.8 Å². The van der Waals surface area contributed by atoms with Gasteiger partial charge in [-0.2, -0.15) is 0 Å². The third-order valence-electron chi connectivity index (χ3n) is 5.24. The monoisotopic (exact) mass is 344 g/mol. The lowest BCUT2D eigenvalue weighted by Gasteiger charge is -2.15. The molecule has 0 N–H and O–H groups in total. The van der Waals surface area contributed by atoms with Crippen molar-refractivity contribution in [1.82, 2.24) is 19.7 Å². The van der Waals surface area contributed by atoms with E-state index < -0.39 is 0 Å². The highest BCUT2D eigenvalue weighted by Crippen LogP contribution is 2.34. The minimum atomic E-state index is 0.525. The number of oxazole rings is 1. The fourth-order valence-corrected chi connectivity index (χ4v) is 3.92. The summed E-state index contributed by atoms with van der Waals surface area (Å²) in [6.07, 6.45) is 5.01. The van der Waals surface area contributed by atoms with Crippen molar-refractivity contribution in [2.24, 2.45) is 0 Å². The topological polar surface area (TPSA) is 56.7 Å². The lowest BCUT2D eigenvalue weighted by molar-refractivity contribution is 0.510. The van der Waals surface area contributed by atoms with E-state index in [2.05, 4.69) is 31.9 Å². The quantitative estimate of drug-likeness (QED) is 0.514. The molecule has 0 radical (unpaired) electrons. The normalized spacial score (nSPS) is 15.1. The highest BCUT2D eigenvalue weighted by molar-refractivity contribution is 5.76. The molecule has 0 aliphatic heterocycles. The Labute approximate surface area is 151 Å². The average Bonchev–Trinajstić information content (AvgIpc) is 3.40. The second-order valence-electron chi connectivity index (χ2n) is 6.94. The second-order valence-corrected chi connectivity index (χ2v) is 6.94. The van der Waals surface area contributed by atoms with Gasteiger partial charge in [0.1, 0.15) is 11.3 Å². The van der Waals surface area contributed by atoms with Crippen molar-refractivity contribution in [1.29, 1.82) is 0 Å². The van der Waals surface area contributed by atoms with E-state index in [0.29, 0.717) is 11.9 Å². The fraction of sp³-hybridized carbons (Fsp3) is 0.286. The highest BCUT2D eigenvalue weighted by Gasteiger charge is 2.23.